The maximum absolute atomic E-state index is 12.4. The summed E-state index contributed by atoms with van der Waals surface area (Å²) in [6.07, 6.45) is 3.09. The number of aromatic nitrogens is 2. The van der Waals surface area contributed by atoms with Gasteiger partial charge >= 0.3 is 0 Å². The number of hydrogen-bond donors (Lipinski definition) is 0. The number of benzene rings is 2. The van der Waals surface area contributed by atoms with E-state index in [-0.39, 0.29) is 11.8 Å². The van der Waals surface area contributed by atoms with Gasteiger partial charge in [-0.1, -0.05) is 30.3 Å². The molecule has 4 rings (SSSR count). The average Bonchev–Trinajstić information content (AvgIpc) is 3.32. The Kier molecular flexibility index (Phi) is 6.02. The van der Waals surface area contributed by atoms with E-state index >= 15 is 0 Å². The number of ether oxygens (including phenoxy) is 2. The van der Waals surface area contributed by atoms with Gasteiger partial charge in [0.2, 0.25) is 5.91 Å². The van der Waals surface area contributed by atoms with Crippen LogP contribution < -0.4 is 9.47 Å². The molecule has 2 heterocycles. The molecule has 1 atom stereocenters. The first-order chi connectivity index (χ1) is 14.7. The molecular formula is C24H27N3O3. The maximum Gasteiger partial charge on any atom is 0.223 e. The number of imidazole rings is 1. The third-order valence-electron chi connectivity index (χ3n) is 5.47. The Morgan fingerprint density at radius 3 is 2.73 bits per heavy atom. The summed E-state index contributed by atoms with van der Waals surface area (Å²) < 4.78 is 13.5. The largest absolute Gasteiger partial charge is 0.493 e. The molecule has 1 saturated heterocycles. The molecule has 0 bridgehead atoms. The van der Waals surface area contributed by atoms with E-state index in [0.29, 0.717) is 26.1 Å². The Hall–Kier alpha value is -3.28. The van der Waals surface area contributed by atoms with Gasteiger partial charge in [-0.2, -0.15) is 0 Å². The molecule has 0 radical (unpaired) electrons. The van der Waals surface area contributed by atoms with E-state index in [0.717, 1.165) is 41.3 Å². The molecule has 0 N–H and O–H groups in total. The van der Waals surface area contributed by atoms with E-state index in [1.165, 1.54) is 0 Å². The van der Waals surface area contributed by atoms with Gasteiger partial charge in [0.25, 0.3) is 0 Å². The van der Waals surface area contributed by atoms with Crippen LogP contribution >= 0.6 is 0 Å². The Bertz CT molecular complexity index is 1040. The highest BCUT2D eigenvalue weighted by Gasteiger charge is 2.33. The molecule has 1 amide bonds. The lowest BCUT2D eigenvalue weighted by molar-refractivity contribution is -0.127. The van der Waals surface area contributed by atoms with Gasteiger partial charge in [-0.05, 0) is 30.7 Å². The number of para-hydroxylation sites is 4. The molecule has 156 valence electrons. The number of aryl methyl sites for hydroxylation is 1. The van der Waals surface area contributed by atoms with E-state index in [1.807, 2.05) is 47.4 Å². The normalized spacial score (nSPS) is 16.2. The first-order valence-electron chi connectivity index (χ1n) is 10.3. The van der Waals surface area contributed by atoms with Gasteiger partial charge in [0.15, 0.2) is 11.5 Å². The van der Waals surface area contributed by atoms with Crippen LogP contribution in [0, 0.1) is 0 Å². The molecule has 6 nitrogen and oxygen atoms in total. The van der Waals surface area contributed by atoms with Crippen molar-refractivity contribution >= 4 is 16.9 Å². The summed E-state index contributed by atoms with van der Waals surface area (Å²) in [4.78, 5) is 19.1. The highest BCUT2D eigenvalue weighted by Crippen LogP contribution is 2.31. The molecule has 1 aromatic heterocycles. The van der Waals surface area contributed by atoms with Crippen molar-refractivity contribution in [2.75, 3.05) is 26.8 Å². The Morgan fingerprint density at radius 1 is 1.17 bits per heavy atom. The van der Waals surface area contributed by atoms with Crippen LogP contribution in [0.3, 0.4) is 0 Å². The molecule has 0 saturated carbocycles. The van der Waals surface area contributed by atoms with Gasteiger partial charge < -0.3 is 18.9 Å². The fraction of sp³-hybridized carbons (Fsp3) is 0.333. The van der Waals surface area contributed by atoms with Crippen molar-refractivity contribution in [3.05, 3.63) is 67.0 Å². The molecule has 30 heavy (non-hydrogen) atoms. The molecule has 0 spiro atoms. The predicted octanol–water partition coefficient (Wildman–Crippen LogP) is 4.02. The molecule has 1 aliphatic rings. The quantitative estimate of drug-likeness (QED) is 0.399. The third-order valence-corrected chi connectivity index (χ3v) is 5.47. The first-order valence-corrected chi connectivity index (χ1v) is 10.3. The number of amides is 1. The number of fused-ring (bicyclic) bond motifs is 1. The van der Waals surface area contributed by atoms with Crippen LogP contribution in [0.4, 0.5) is 0 Å². The molecule has 1 aliphatic heterocycles. The van der Waals surface area contributed by atoms with Crippen LogP contribution in [0.1, 0.15) is 24.6 Å². The summed E-state index contributed by atoms with van der Waals surface area (Å²) in [6, 6.07) is 15.8. The molecular weight excluding hydrogens is 378 g/mol. The van der Waals surface area contributed by atoms with Crippen molar-refractivity contribution in [3.63, 3.8) is 0 Å². The lowest BCUT2D eigenvalue weighted by Crippen LogP contribution is -2.25. The summed E-state index contributed by atoms with van der Waals surface area (Å²) in [7, 11) is 1.64. The zero-order valence-electron chi connectivity index (χ0n) is 17.3. The Labute approximate surface area is 176 Å². The second-order valence-corrected chi connectivity index (χ2v) is 7.45. The van der Waals surface area contributed by atoms with Crippen molar-refractivity contribution in [1.82, 2.24) is 14.5 Å². The summed E-state index contributed by atoms with van der Waals surface area (Å²) >= 11 is 0. The van der Waals surface area contributed by atoms with Crippen molar-refractivity contribution in [2.24, 2.45) is 0 Å². The van der Waals surface area contributed by atoms with Crippen LogP contribution in [-0.4, -0.2) is 47.2 Å². The van der Waals surface area contributed by atoms with E-state index in [1.54, 1.807) is 13.2 Å². The van der Waals surface area contributed by atoms with Gasteiger partial charge in [-0.3, -0.25) is 4.79 Å². The van der Waals surface area contributed by atoms with Crippen LogP contribution in [-0.2, 0) is 11.3 Å². The van der Waals surface area contributed by atoms with Crippen molar-refractivity contribution in [3.8, 4) is 11.5 Å². The van der Waals surface area contributed by atoms with Crippen molar-refractivity contribution in [2.45, 2.75) is 25.3 Å². The smallest absolute Gasteiger partial charge is 0.223 e. The minimum Gasteiger partial charge on any atom is -0.493 e. The number of likely N-dealkylation sites (tertiary alicyclic amines) is 1. The summed E-state index contributed by atoms with van der Waals surface area (Å²) in [5, 5.41) is 0. The summed E-state index contributed by atoms with van der Waals surface area (Å²) in [5.41, 5.74) is 2.06. The molecule has 6 heteroatoms. The summed E-state index contributed by atoms with van der Waals surface area (Å²) in [5.74, 6) is 2.72. The van der Waals surface area contributed by atoms with E-state index < -0.39 is 0 Å². The van der Waals surface area contributed by atoms with E-state index in [9.17, 15) is 4.79 Å². The highest BCUT2D eigenvalue weighted by atomic mass is 16.5. The molecule has 0 aliphatic carbocycles. The summed E-state index contributed by atoms with van der Waals surface area (Å²) in [6.45, 7) is 6.37. The fourth-order valence-corrected chi connectivity index (χ4v) is 4.06. The van der Waals surface area contributed by atoms with Gasteiger partial charge in [-0.15, -0.1) is 6.58 Å². The van der Waals surface area contributed by atoms with E-state index in [4.69, 9.17) is 14.5 Å². The zero-order valence-corrected chi connectivity index (χ0v) is 17.3. The van der Waals surface area contributed by atoms with Crippen LogP contribution in [0.25, 0.3) is 11.0 Å². The predicted molar refractivity (Wildman–Crippen MR) is 117 cm³/mol. The molecule has 0 unspecified atom stereocenters. The monoisotopic (exact) mass is 405 g/mol. The minimum absolute atomic E-state index is 0.0972. The lowest BCUT2D eigenvalue weighted by atomic mass is 10.1. The fourth-order valence-electron chi connectivity index (χ4n) is 4.06. The Balaban J connectivity index is 1.50. The van der Waals surface area contributed by atoms with Gasteiger partial charge in [-0.25, -0.2) is 4.98 Å². The SMILES string of the molecule is C=CCN1C[C@H](c2nc3ccccc3n2CCCOc2ccccc2OC)CC1=O. The first kappa shape index (κ1) is 20.0. The average molecular weight is 405 g/mol. The van der Waals surface area contributed by atoms with Gasteiger partial charge in [0, 0.05) is 32.0 Å². The third kappa shape index (κ3) is 4.03. The molecule has 1 fully saturated rings. The number of hydrogen-bond acceptors (Lipinski definition) is 4. The minimum atomic E-state index is 0.0972. The second kappa shape index (κ2) is 9.03. The van der Waals surface area contributed by atoms with Crippen molar-refractivity contribution < 1.29 is 14.3 Å². The second-order valence-electron chi connectivity index (χ2n) is 7.45. The standard InChI is InChI=1S/C24H27N3O3/c1-3-13-26-17-18(16-23(26)28)24-25-19-9-4-5-10-20(19)27(24)14-8-15-30-22-12-7-6-11-21(22)29-2/h3-7,9-12,18H,1,8,13-17H2,2H3/t18-/m1/s1. The number of methoxy groups -OCH3 is 1. The van der Waals surface area contributed by atoms with Crippen molar-refractivity contribution in [1.29, 1.82) is 0 Å². The number of carbonyl (C=O) groups is 1. The zero-order chi connectivity index (χ0) is 20.9. The molecule has 3 aromatic rings. The van der Waals surface area contributed by atoms with Gasteiger partial charge in [0.05, 0.1) is 24.8 Å². The number of nitrogens with zero attached hydrogens (tertiary/aromatic N) is 3. The van der Waals surface area contributed by atoms with Crippen LogP contribution in [0.5, 0.6) is 11.5 Å². The number of carbonyl (C=O) groups excluding carboxylic acids is 1. The Morgan fingerprint density at radius 2 is 1.93 bits per heavy atom. The molecule has 2 aromatic carbocycles. The van der Waals surface area contributed by atoms with Crippen LogP contribution in [0.15, 0.2) is 61.2 Å². The lowest BCUT2D eigenvalue weighted by Gasteiger charge is -2.16. The number of rotatable bonds is 9. The topological polar surface area (TPSA) is 56.6 Å². The van der Waals surface area contributed by atoms with E-state index in [2.05, 4.69) is 17.2 Å². The highest BCUT2D eigenvalue weighted by molar-refractivity contribution is 5.81. The maximum atomic E-state index is 12.4. The van der Waals surface area contributed by atoms with Crippen LogP contribution in [0.2, 0.25) is 0 Å². The van der Waals surface area contributed by atoms with Gasteiger partial charge in [0.1, 0.15) is 5.82 Å².